The summed E-state index contributed by atoms with van der Waals surface area (Å²) in [7, 11) is -3.88. The maximum atomic E-state index is 11.3. The molecular formula is C12H13N3O3S. The standard InChI is InChI=1S/C12H13N3O3S/c1-8-5-6-9(7-15-8)18-10-3-2-4-11(12(10)13)19(14,16)17/h2-7H,13H2,1H3,(H2,14,16,17). The molecule has 0 unspecified atom stereocenters. The zero-order valence-corrected chi connectivity index (χ0v) is 11.0. The summed E-state index contributed by atoms with van der Waals surface area (Å²) in [6, 6.07) is 7.88. The van der Waals surface area contributed by atoms with Crippen LogP contribution in [-0.4, -0.2) is 13.4 Å². The highest BCUT2D eigenvalue weighted by Crippen LogP contribution is 2.31. The Labute approximate surface area is 111 Å². The van der Waals surface area contributed by atoms with Crippen LogP contribution in [0.2, 0.25) is 0 Å². The van der Waals surface area contributed by atoms with Crippen molar-refractivity contribution in [3.63, 3.8) is 0 Å². The van der Waals surface area contributed by atoms with Crippen LogP contribution in [0.1, 0.15) is 5.69 Å². The summed E-state index contributed by atoms with van der Waals surface area (Å²) in [6.07, 6.45) is 1.53. The molecular weight excluding hydrogens is 266 g/mol. The molecule has 7 heteroatoms. The highest BCUT2D eigenvalue weighted by molar-refractivity contribution is 7.89. The number of hydrogen-bond donors (Lipinski definition) is 2. The average molecular weight is 279 g/mol. The third-order valence-corrected chi connectivity index (χ3v) is 3.41. The monoisotopic (exact) mass is 279 g/mol. The second-order valence-electron chi connectivity index (χ2n) is 3.95. The number of para-hydroxylation sites is 1. The van der Waals surface area contributed by atoms with Crippen molar-refractivity contribution in [3.8, 4) is 11.5 Å². The molecule has 0 bridgehead atoms. The maximum absolute atomic E-state index is 11.3. The minimum Gasteiger partial charge on any atom is -0.454 e. The van der Waals surface area contributed by atoms with Gasteiger partial charge in [-0.15, -0.1) is 0 Å². The van der Waals surface area contributed by atoms with Gasteiger partial charge in [-0.25, -0.2) is 13.6 Å². The van der Waals surface area contributed by atoms with Crippen LogP contribution in [-0.2, 0) is 10.0 Å². The van der Waals surface area contributed by atoms with E-state index in [-0.39, 0.29) is 16.3 Å². The molecule has 0 fully saturated rings. The zero-order valence-electron chi connectivity index (χ0n) is 10.2. The third kappa shape index (κ3) is 3.01. The van der Waals surface area contributed by atoms with Crippen LogP contribution in [0.4, 0.5) is 5.69 Å². The number of nitrogens with two attached hydrogens (primary N) is 2. The Bertz CT molecular complexity index is 697. The van der Waals surface area contributed by atoms with Gasteiger partial charge in [0.2, 0.25) is 10.0 Å². The number of aromatic nitrogens is 1. The minimum atomic E-state index is -3.88. The van der Waals surface area contributed by atoms with Gasteiger partial charge in [0, 0.05) is 5.69 Å². The molecule has 6 nitrogen and oxygen atoms in total. The summed E-state index contributed by atoms with van der Waals surface area (Å²) in [5, 5.41) is 5.06. The highest BCUT2D eigenvalue weighted by Gasteiger charge is 2.15. The van der Waals surface area contributed by atoms with Gasteiger partial charge in [-0.2, -0.15) is 0 Å². The Morgan fingerprint density at radius 3 is 2.53 bits per heavy atom. The van der Waals surface area contributed by atoms with Crippen molar-refractivity contribution in [2.45, 2.75) is 11.8 Å². The molecule has 1 heterocycles. The minimum absolute atomic E-state index is 0.0226. The summed E-state index contributed by atoms with van der Waals surface area (Å²) < 4.78 is 28.2. The first kappa shape index (κ1) is 13.3. The fraction of sp³-hybridized carbons (Fsp3) is 0.0833. The van der Waals surface area contributed by atoms with Crippen LogP contribution in [0.5, 0.6) is 11.5 Å². The van der Waals surface area contributed by atoms with E-state index in [4.69, 9.17) is 15.6 Å². The molecule has 0 aliphatic carbocycles. The number of anilines is 1. The lowest BCUT2D eigenvalue weighted by molar-refractivity contribution is 0.481. The van der Waals surface area contributed by atoms with Crippen molar-refractivity contribution in [2.24, 2.45) is 5.14 Å². The molecule has 0 aliphatic heterocycles. The molecule has 1 aromatic carbocycles. The predicted molar refractivity (Wildman–Crippen MR) is 71.3 cm³/mol. The van der Waals surface area contributed by atoms with Crippen molar-refractivity contribution < 1.29 is 13.2 Å². The second kappa shape index (κ2) is 4.87. The first-order chi connectivity index (χ1) is 8.88. The fourth-order valence-electron chi connectivity index (χ4n) is 1.50. The number of benzene rings is 1. The van der Waals surface area contributed by atoms with E-state index >= 15 is 0 Å². The normalized spacial score (nSPS) is 11.3. The van der Waals surface area contributed by atoms with Crippen LogP contribution in [0, 0.1) is 6.92 Å². The van der Waals surface area contributed by atoms with Crippen LogP contribution in [0.15, 0.2) is 41.4 Å². The molecule has 0 saturated carbocycles. The molecule has 0 spiro atoms. The summed E-state index contributed by atoms with van der Waals surface area (Å²) in [5.41, 5.74) is 6.57. The van der Waals surface area contributed by atoms with Gasteiger partial charge < -0.3 is 10.5 Å². The number of hydrogen-bond acceptors (Lipinski definition) is 5. The molecule has 2 aromatic rings. The Kier molecular flexibility index (Phi) is 3.41. The first-order valence-corrected chi connectivity index (χ1v) is 6.94. The molecule has 0 radical (unpaired) electrons. The number of sulfonamides is 1. The summed E-state index contributed by atoms with van der Waals surface area (Å²) >= 11 is 0. The highest BCUT2D eigenvalue weighted by atomic mass is 32.2. The molecule has 0 aliphatic rings. The first-order valence-electron chi connectivity index (χ1n) is 5.40. The molecule has 4 N–H and O–H groups in total. The molecule has 19 heavy (non-hydrogen) atoms. The molecule has 0 amide bonds. The molecule has 0 atom stereocenters. The van der Waals surface area contributed by atoms with Gasteiger partial charge in [0.15, 0.2) is 5.75 Å². The number of primary sulfonamides is 1. The van der Waals surface area contributed by atoms with Gasteiger partial charge in [0.25, 0.3) is 0 Å². The van der Waals surface area contributed by atoms with Crippen LogP contribution >= 0.6 is 0 Å². The van der Waals surface area contributed by atoms with Crippen molar-refractivity contribution >= 4 is 15.7 Å². The average Bonchev–Trinajstić information content (AvgIpc) is 2.33. The van der Waals surface area contributed by atoms with Crippen molar-refractivity contribution in [1.29, 1.82) is 0 Å². The van der Waals surface area contributed by atoms with Crippen LogP contribution in [0.25, 0.3) is 0 Å². The summed E-state index contributed by atoms with van der Waals surface area (Å²) in [6.45, 7) is 1.85. The summed E-state index contributed by atoms with van der Waals surface area (Å²) in [5.74, 6) is 0.682. The number of ether oxygens (including phenoxy) is 1. The number of rotatable bonds is 3. The lowest BCUT2D eigenvalue weighted by Crippen LogP contribution is -2.14. The SMILES string of the molecule is Cc1ccc(Oc2cccc(S(N)(=O)=O)c2N)cn1. The molecule has 1 aromatic heterocycles. The van der Waals surface area contributed by atoms with Crippen molar-refractivity contribution in [1.82, 2.24) is 4.98 Å². The van der Waals surface area contributed by atoms with E-state index in [0.29, 0.717) is 5.75 Å². The van der Waals surface area contributed by atoms with E-state index < -0.39 is 10.0 Å². The van der Waals surface area contributed by atoms with E-state index in [1.54, 1.807) is 18.2 Å². The quantitative estimate of drug-likeness (QED) is 0.826. The van der Waals surface area contributed by atoms with Crippen molar-refractivity contribution in [3.05, 3.63) is 42.2 Å². The topological polar surface area (TPSA) is 108 Å². The largest absolute Gasteiger partial charge is 0.454 e. The van der Waals surface area contributed by atoms with E-state index in [1.165, 1.54) is 18.3 Å². The number of aryl methyl sites for hydroxylation is 1. The van der Waals surface area contributed by atoms with Gasteiger partial charge in [0.1, 0.15) is 10.6 Å². The van der Waals surface area contributed by atoms with Gasteiger partial charge >= 0.3 is 0 Å². The summed E-state index contributed by atoms with van der Waals surface area (Å²) in [4.78, 5) is 3.91. The van der Waals surface area contributed by atoms with E-state index in [1.807, 2.05) is 6.92 Å². The lowest BCUT2D eigenvalue weighted by atomic mass is 10.3. The number of pyridine rings is 1. The zero-order chi connectivity index (χ0) is 14.0. The Balaban J connectivity index is 2.39. The predicted octanol–water partition coefficient (Wildman–Crippen LogP) is 1.41. The molecule has 2 rings (SSSR count). The lowest BCUT2D eigenvalue weighted by Gasteiger charge is -2.10. The number of nitrogens with zero attached hydrogens (tertiary/aromatic N) is 1. The van der Waals surface area contributed by atoms with Gasteiger partial charge in [0.05, 0.1) is 11.9 Å². The van der Waals surface area contributed by atoms with Gasteiger partial charge in [-0.05, 0) is 31.2 Å². The Morgan fingerprint density at radius 2 is 1.95 bits per heavy atom. The molecule has 100 valence electrons. The van der Waals surface area contributed by atoms with E-state index in [0.717, 1.165) is 5.69 Å². The van der Waals surface area contributed by atoms with Crippen LogP contribution in [0.3, 0.4) is 0 Å². The third-order valence-electron chi connectivity index (χ3n) is 2.44. The number of nitrogen functional groups attached to an aromatic ring is 1. The van der Waals surface area contributed by atoms with Crippen LogP contribution < -0.4 is 15.6 Å². The van der Waals surface area contributed by atoms with E-state index in [2.05, 4.69) is 4.98 Å². The van der Waals surface area contributed by atoms with Gasteiger partial charge in [-0.3, -0.25) is 4.98 Å². The smallest absolute Gasteiger partial charge is 0.240 e. The van der Waals surface area contributed by atoms with Crippen molar-refractivity contribution in [2.75, 3.05) is 5.73 Å². The Hall–Kier alpha value is -2.12. The molecule has 0 saturated heterocycles. The van der Waals surface area contributed by atoms with Gasteiger partial charge in [-0.1, -0.05) is 6.07 Å². The second-order valence-corrected chi connectivity index (χ2v) is 5.48. The fourth-order valence-corrected chi connectivity index (χ4v) is 2.18. The Morgan fingerprint density at radius 1 is 1.21 bits per heavy atom. The maximum Gasteiger partial charge on any atom is 0.240 e. The van der Waals surface area contributed by atoms with E-state index in [9.17, 15) is 8.42 Å².